The van der Waals surface area contributed by atoms with Crippen molar-refractivity contribution in [3.8, 4) is 0 Å². The van der Waals surface area contributed by atoms with Crippen LogP contribution in [0.25, 0.3) is 0 Å². The molecule has 7 heteroatoms. The van der Waals surface area contributed by atoms with Gasteiger partial charge in [0.2, 0.25) is 0 Å². The fourth-order valence-electron chi connectivity index (χ4n) is 1.79. The molecule has 0 unspecified atom stereocenters. The first-order chi connectivity index (χ1) is 7.70. The largest absolute Gasteiger partial charge is 0.490 e. The minimum Gasteiger partial charge on any atom is -0.475 e. The third kappa shape index (κ3) is 5.88. The summed E-state index contributed by atoms with van der Waals surface area (Å²) in [6.45, 7) is 10.3. The van der Waals surface area contributed by atoms with Crippen LogP contribution >= 0.6 is 0 Å². The molecule has 0 aromatic heterocycles. The molecule has 0 radical (unpaired) electrons. The van der Waals surface area contributed by atoms with Crippen LogP contribution < -0.4 is 5.32 Å². The van der Waals surface area contributed by atoms with Crippen LogP contribution in [-0.4, -0.2) is 53.9 Å². The van der Waals surface area contributed by atoms with E-state index in [0.29, 0.717) is 12.1 Å². The molecule has 102 valence electrons. The van der Waals surface area contributed by atoms with Gasteiger partial charge in [0.15, 0.2) is 0 Å². The number of nitrogens with zero attached hydrogens (tertiary/aromatic N) is 1. The number of halogens is 3. The maximum absolute atomic E-state index is 10.6. The molecular formula is C10H19F3N2O2. The van der Waals surface area contributed by atoms with Gasteiger partial charge in [0.25, 0.3) is 0 Å². The molecule has 0 amide bonds. The van der Waals surface area contributed by atoms with Crippen molar-refractivity contribution in [2.24, 2.45) is 0 Å². The number of hydrogen-bond acceptors (Lipinski definition) is 3. The predicted molar refractivity (Wildman–Crippen MR) is 57.9 cm³/mol. The summed E-state index contributed by atoms with van der Waals surface area (Å²) in [7, 11) is 0. The Morgan fingerprint density at radius 3 is 1.88 bits per heavy atom. The minimum absolute atomic E-state index is 0.716. The Kier molecular flexibility index (Phi) is 6.48. The van der Waals surface area contributed by atoms with E-state index in [1.54, 1.807) is 0 Å². The Hall–Kier alpha value is -0.820. The van der Waals surface area contributed by atoms with Gasteiger partial charge >= 0.3 is 12.1 Å². The summed E-state index contributed by atoms with van der Waals surface area (Å²) in [5.74, 6) is -2.76. The molecule has 0 spiro atoms. The molecule has 0 bridgehead atoms. The molecule has 0 aromatic rings. The minimum atomic E-state index is -5.08. The maximum atomic E-state index is 10.6. The van der Waals surface area contributed by atoms with Crippen molar-refractivity contribution in [1.29, 1.82) is 0 Å². The van der Waals surface area contributed by atoms with E-state index in [0.717, 1.165) is 13.1 Å². The average Bonchev–Trinajstić information content (AvgIpc) is 2.17. The number of rotatable bonds is 1. The molecule has 17 heavy (non-hydrogen) atoms. The molecule has 1 rings (SSSR count). The number of alkyl halides is 3. The highest BCUT2D eigenvalue weighted by Crippen LogP contribution is 2.13. The maximum Gasteiger partial charge on any atom is 0.490 e. The smallest absolute Gasteiger partial charge is 0.475 e. The van der Waals surface area contributed by atoms with Gasteiger partial charge in [-0.05, 0) is 20.4 Å². The van der Waals surface area contributed by atoms with Crippen LogP contribution in [0.5, 0.6) is 0 Å². The molecule has 2 N–H and O–H groups in total. The Labute approximate surface area is 98.8 Å². The first-order valence-electron chi connectivity index (χ1n) is 5.46. The van der Waals surface area contributed by atoms with E-state index in [1.165, 1.54) is 6.54 Å². The van der Waals surface area contributed by atoms with E-state index >= 15 is 0 Å². The van der Waals surface area contributed by atoms with Crippen molar-refractivity contribution in [3.63, 3.8) is 0 Å². The van der Waals surface area contributed by atoms with Crippen LogP contribution in [-0.2, 0) is 4.79 Å². The lowest BCUT2D eigenvalue weighted by molar-refractivity contribution is -0.192. The second kappa shape index (κ2) is 6.80. The van der Waals surface area contributed by atoms with Crippen LogP contribution in [0.15, 0.2) is 0 Å². The van der Waals surface area contributed by atoms with Gasteiger partial charge in [-0.15, -0.1) is 0 Å². The Bertz CT molecular complexity index is 236. The van der Waals surface area contributed by atoms with Crippen LogP contribution in [0.4, 0.5) is 13.2 Å². The first kappa shape index (κ1) is 16.2. The number of aliphatic carboxylic acids is 1. The number of carbonyl (C=O) groups is 1. The number of carboxylic acids is 1. The summed E-state index contributed by atoms with van der Waals surface area (Å²) >= 11 is 0. The van der Waals surface area contributed by atoms with Crippen LogP contribution in [0.2, 0.25) is 0 Å². The zero-order valence-electron chi connectivity index (χ0n) is 10.2. The summed E-state index contributed by atoms with van der Waals surface area (Å²) in [5, 5.41) is 10.5. The van der Waals surface area contributed by atoms with Crippen molar-refractivity contribution in [2.75, 3.05) is 19.6 Å². The first-order valence-corrected chi connectivity index (χ1v) is 5.46. The molecule has 0 aromatic carbocycles. The number of hydrogen-bond donors (Lipinski definition) is 2. The molecule has 1 heterocycles. The van der Waals surface area contributed by atoms with Crippen molar-refractivity contribution >= 4 is 5.97 Å². The number of likely N-dealkylation sites (N-methyl/N-ethyl adjacent to an activating group) is 1. The second-order valence-electron chi connectivity index (χ2n) is 3.99. The van der Waals surface area contributed by atoms with E-state index in [4.69, 9.17) is 9.90 Å². The monoisotopic (exact) mass is 256 g/mol. The molecule has 0 aliphatic carbocycles. The quantitative estimate of drug-likeness (QED) is 0.743. The zero-order valence-corrected chi connectivity index (χ0v) is 10.2. The Morgan fingerprint density at radius 2 is 1.71 bits per heavy atom. The topological polar surface area (TPSA) is 52.6 Å². The molecule has 1 aliphatic rings. The second-order valence-corrected chi connectivity index (χ2v) is 3.99. The number of piperazine rings is 1. The molecule has 1 aliphatic heterocycles. The fraction of sp³-hybridized carbons (Fsp3) is 0.900. The van der Waals surface area contributed by atoms with Gasteiger partial charge < -0.3 is 10.4 Å². The van der Waals surface area contributed by atoms with E-state index in [2.05, 4.69) is 31.0 Å². The van der Waals surface area contributed by atoms with Gasteiger partial charge in [0, 0.05) is 25.2 Å². The van der Waals surface area contributed by atoms with E-state index in [1.807, 2.05) is 0 Å². The average molecular weight is 256 g/mol. The Morgan fingerprint density at radius 1 is 1.35 bits per heavy atom. The standard InChI is InChI=1S/C8H18N2.C2HF3O2/c1-4-10-7(2)5-9-6-8(10)3;3-2(4,5)1(6)7/h7-9H,4-6H2,1-3H3;(H,6,7)/t7-,8+;. The van der Waals surface area contributed by atoms with E-state index < -0.39 is 12.1 Å². The van der Waals surface area contributed by atoms with E-state index in [9.17, 15) is 13.2 Å². The summed E-state index contributed by atoms with van der Waals surface area (Å²) in [6, 6.07) is 1.43. The van der Waals surface area contributed by atoms with Gasteiger partial charge in [-0.1, -0.05) is 6.92 Å². The predicted octanol–water partition coefficient (Wildman–Crippen LogP) is 1.32. The van der Waals surface area contributed by atoms with Crippen molar-refractivity contribution < 1.29 is 23.1 Å². The fourth-order valence-corrected chi connectivity index (χ4v) is 1.79. The van der Waals surface area contributed by atoms with E-state index in [-0.39, 0.29) is 0 Å². The molecule has 4 nitrogen and oxygen atoms in total. The summed E-state index contributed by atoms with van der Waals surface area (Å²) in [5.41, 5.74) is 0. The molecule has 1 fully saturated rings. The van der Waals surface area contributed by atoms with Crippen LogP contribution in [0.1, 0.15) is 20.8 Å². The Balaban J connectivity index is 0.000000325. The van der Waals surface area contributed by atoms with Gasteiger partial charge in [0.05, 0.1) is 0 Å². The lowest BCUT2D eigenvalue weighted by atomic mass is 10.1. The highest BCUT2D eigenvalue weighted by atomic mass is 19.4. The highest BCUT2D eigenvalue weighted by molar-refractivity contribution is 5.73. The van der Waals surface area contributed by atoms with Gasteiger partial charge in [-0.25, -0.2) is 4.79 Å². The molecule has 0 saturated carbocycles. The number of nitrogens with one attached hydrogen (secondary N) is 1. The molecule has 1 saturated heterocycles. The normalized spacial score (nSPS) is 26.0. The van der Waals surface area contributed by atoms with Gasteiger partial charge in [-0.2, -0.15) is 13.2 Å². The number of carboxylic acid groups (broad SMARTS) is 1. The molecule has 2 atom stereocenters. The van der Waals surface area contributed by atoms with Crippen molar-refractivity contribution in [2.45, 2.75) is 39.0 Å². The van der Waals surface area contributed by atoms with Crippen molar-refractivity contribution in [3.05, 3.63) is 0 Å². The van der Waals surface area contributed by atoms with Crippen LogP contribution in [0, 0.1) is 0 Å². The molecular weight excluding hydrogens is 237 g/mol. The summed E-state index contributed by atoms with van der Waals surface area (Å²) in [6.07, 6.45) is -5.08. The highest BCUT2D eigenvalue weighted by Gasteiger charge is 2.38. The lowest BCUT2D eigenvalue weighted by Gasteiger charge is -2.38. The lowest BCUT2D eigenvalue weighted by Crippen LogP contribution is -2.54. The summed E-state index contributed by atoms with van der Waals surface area (Å²) < 4.78 is 31.7. The SMILES string of the molecule is CCN1[C@H](C)CNC[C@@H]1C.O=C(O)C(F)(F)F. The zero-order chi connectivity index (χ0) is 13.6. The van der Waals surface area contributed by atoms with Crippen LogP contribution in [0.3, 0.4) is 0 Å². The van der Waals surface area contributed by atoms with Crippen molar-refractivity contribution in [1.82, 2.24) is 10.2 Å². The third-order valence-electron chi connectivity index (χ3n) is 2.62. The van der Waals surface area contributed by atoms with Gasteiger partial charge in [-0.3, -0.25) is 4.90 Å². The van der Waals surface area contributed by atoms with Gasteiger partial charge in [0.1, 0.15) is 0 Å². The summed E-state index contributed by atoms with van der Waals surface area (Å²) in [4.78, 5) is 11.4. The third-order valence-corrected chi connectivity index (χ3v) is 2.62.